The Balaban J connectivity index is 3.32. The Morgan fingerprint density at radius 3 is 2.52 bits per heavy atom. The number of nitrogens with zero attached hydrogens (tertiary/aromatic N) is 1. The second-order valence-electron chi connectivity index (χ2n) is 4.66. The summed E-state index contributed by atoms with van der Waals surface area (Å²) in [7, 11) is 2.87. The van der Waals surface area contributed by atoms with Gasteiger partial charge in [-0.05, 0) is 6.92 Å². The topological polar surface area (TPSA) is 66.3 Å². The molecule has 0 aliphatic heterocycles. The highest BCUT2D eigenvalue weighted by atomic mass is 19.4. The average molecular weight is 305 g/mol. The zero-order chi connectivity index (χ0) is 16.4. The number of aromatic hydroxyl groups is 1. The van der Waals surface area contributed by atoms with E-state index in [0.717, 1.165) is 10.6 Å². The van der Waals surface area contributed by atoms with Gasteiger partial charge in [-0.2, -0.15) is 13.2 Å². The van der Waals surface area contributed by atoms with E-state index in [2.05, 4.69) is 17.2 Å². The first-order chi connectivity index (χ1) is 9.59. The Kier molecular flexibility index (Phi) is 5.06. The van der Waals surface area contributed by atoms with Crippen LogP contribution in [0.4, 0.5) is 13.2 Å². The SMILES string of the molecule is C=C(NC)[C@@H](C)NC(c1c(O)c(=O)ccn1C)C(F)(F)F. The Hall–Kier alpha value is -1.96. The van der Waals surface area contributed by atoms with Gasteiger partial charge in [0.25, 0.3) is 0 Å². The third-order valence-electron chi connectivity index (χ3n) is 3.17. The molecule has 1 rings (SSSR count). The van der Waals surface area contributed by atoms with E-state index in [1.807, 2.05) is 0 Å². The second kappa shape index (κ2) is 6.21. The zero-order valence-corrected chi connectivity index (χ0v) is 12.0. The van der Waals surface area contributed by atoms with Gasteiger partial charge in [0.15, 0.2) is 5.75 Å². The number of hydrogen-bond acceptors (Lipinski definition) is 4. The third kappa shape index (κ3) is 3.78. The molecule has 0 aromatic carbocycles. The van der Waals surface area contributed by atoms with Crippen LogP contribution < -0.4 is 16.1 Å². The van der Waals surface area contributed by atoms with Crippen LogP contribution in [0.5, 0.6) is 5.75 Å². The van der Waals surface area contributed by atoms with Gasteiger partial charge in [-0.3, -0.25) is 10.1 Å². The third-order valence-corrected chi connectivity index (χ3v) is 3.17. The van der Waals surface area contributed by atoms with Gasteiger partial charge in [-0.25, -0.2) is 0 Å². The highest BCUT2D eigenvalue weighted by molar-refractivity contribution is 5.30. The fraction of sp³-hybridized carbons (Fsp3) is 0.462. The van der Waals surface area contributed by atoms with E-state index in [1.165, 1.54) is 20.2 Å². The van der Waals surface area contributed by atoms with Gasteiger partial charge in [-0.1, -0.05) is 6.58 Å². The van der Waals surface area contributed by atoms with Crippen molar-refractivity contribution < 1.29 is 18.3 Å². The van der Waals surface area contributed by atoms with Crippen molar-refractivity contribution in [3.8, 4) is 5.75 Å². The summed E-state index contributed by atoms with van der Waals surface area (Å²) in [6, 6.07) is -1.92. The number of nitrogens with one attached hydrogen (secondary N) is 2. The molecule has 1 aromatic heterocycles. The molecule has 0 aliphatic rings. The first-order valence-corrected chi connectivity index (χ1v) is 6.17. The van der Waals surface area contributed by atoms with E-state index in [4.69, 9.17) is 0 Å². The lowest BCUT2D eigenvalue weighted by molar-refractivity contribution is -0.160. The van der Waals surface area contributed by atoms with E-state index < -0.39 is 35.1 Å². The van der Waals surface area contributed by atoms with Gasteiger partial charge < -0.3 is 15.0 Å². The van der Waals surface area contributed by atoms with Crippen LogP contribution in [0.15, 0.2) is 29.3 Å². The maximum atomic E-state index is 13.3. The molecule has 1 heterocycles. The predicted molar refractivity (Wildman–Crippen MR) is 72.9 cm³/mol. The molecule has 0 fully saturated rings. The molecule has 0 radical (unpaired) electrons. The summed E-state index contributed by atoms with van der Waals surface area (Å²) in [5.74, 6) is -0.919. The smallest absolute Gasteiger partial charge is 0.409 e. The summed E-state index contributed by atoms with van der Waals surface area (Å²) < 4.78 is 40.9. The van der Waals surface area contributed by atoms with E-state index in [9.17, 15) is 23.1 Å². The lowest BCUT2D eigenvalue weighted by Crippen LogP contribution is -2.43. The molecule has 0 amide bonds. The Labute approximate surface area is 120 Å². The molecule has 1 unspecified atom stereocenters. The van der Waals surface area contributed by atoms with Crippen molar-refractivity contribution in [1.29, 1.82) is 0 Å². The van der Waals surface area contributed by atoms with Crippen LogP contribution >= 0.6 is 0 Å². The summed E-state index contributed by atoms with van der Waals surface area (Å²) in [5.41, 5.74) is -1.05. The minimum Gasteiger partial charge on any atom is -0.503 e. The molecule has 0 spiro atoms. The summed E-state index contributed by atoms with van der Waals surface area (Å²) in [4.78, 5) is 11.4. The largest absolute Gasteiger partial charge is 0.503 e. The average Bonchev–Trinajstić information content (AvgIpc) is 2.39. The van der Waals surface area contributed by atoms with Crippen molar-refractivity contribution in [3.63, 3.8) is 0 Å². The van der Waals surface area contributed by atoms with Crippen LogP contribution in [0.3, 0.4) is 0 Å². The van der Waals surface area contributed by atoms with Crippen molar-refractivity contribution in [2.45, 2.75) is 25.2 Å². The molecule has 0 saturated carbocycles. The standard InChI is InChI=1S/C13H18F3N3O2/c1-7(17-3)8(2)18-12(13(14,15)16)10-11(21)9(20)5-6-19(10)4/h5-6,8,12,17-18,21H,1H2,2-4H3/t8-,12?/m1/s1. The van der Waals surface area contributed by atoms with Crippen molar-refractivity contribution in [2.75, 3.05) is 7.05 Å². The van der Waals surface area contributed by atoms with Crippen LogP contribution in [0.1, 0.15) is 18.7 Å². The highest BCUT2D eigenvalue weighted by Crippen LogP contribution is 2.35. The molecule has 0 aliphatic carbocycles. The lowest BCUT2D eigenvalue weighted by atomic mass is 10.1. The van der Waals surface area contributed by atoms with Gasteiger partial charge in [0.2, 0.25) is 5.43 Å². The van der Waals surface area contributed by atoms with E-state index in [-0.39, 0.29) is 0 Å². The number of halogens is 3. The van der Waals surface area contributed by atoms with Crippen LogP contribution in [-0.2, 0) is 7.05 Å². The molecule has 3 N–H and O–H groups in total. The molecule has 5 nitrogen and oxygen atoms in total. The molecular formula is C13H18F3N3O2. The molecule has 118 valence electrons. The fourth-order valence-corrected chi connectivity index (χ4v) is 1.87. The molecule has 21 heavy (non-hydrogen) atoms. The number of aromatic nitrogens is 1. The van der Waals surface area contributed by atoms with Crippen molar-refractivity contribution >= 4 is 0 Å². The number of likely N-dealkylation sites (N-methyl/N-ethyl adjacent to an activating group) is 1. The van der Waals surface area contributed by atoms with Gasteiger partial charge in [-0.15, -0.1) is 0 Å². The minimum absolute atomic E-state index is 0.352. The molecule has 1 aromatic rings. The molecule has 0 saturated heterocycles. The fourth-order valence-electron chi connectivity index (χ4n) is 1.87. The number of hydrogen-bond donors (Lipinski definition) is 3. The number of pyridine rings is 1. The Bertz CT molecular complexity index is 581. The molecule has 0 bridgehead atoms. The highest BCUT2D eigenvalue weighted by Gasteiger charge is 2.44. The zero-order valence-electron chi connectivity index (χ0n) is 12.0. The maximum Gasteiger partial charge on any atom is 0.409 e. The normalized spacial score (nSPS) is 14.6. The van der Waals surface area contributed by atoms with E-state index in [0.29, 0.717) is 5.70 Å². The molecule has 8 heteroatoms. The summed E-state index contributed by atoms with van der Waals surface area (Å²) in [6.45, 7) is 5.09. The quantitative estimate of drug-likeness (QED) is 0.769. The Morgan fingerprint density at radius 2 is 2.05 bits per heavy atom. The molecule has 2 atom stereocenters. The van der Waals surface area contributed by atoms with Crippen molar-refractivity contribution in [2.24, 2.45) is 7.05 Å². The van der Waals surface area contributed by atoms with Crippen LogP contribution in [-0.4, -0.2) is 28.9 Å². The van der Waals surface area contributed by atoms with Gasteiger partial charge in [0.05, 0.1) is 5.69 Å². The monoisotopic (exact) mass is 305 g/mol. The van der Waals surface area contributed by atoms with Gasteiger partial charge in [0.1, 0.15) is 6.04 Å². The van der Waals surface area contributed by atoms with Crippen molar-refractivity contribution in [1.82, 2.24) is 15.2 Å². The van der Waals surface area contributed by atoms with Crippen LogP contribution in [0.25, 0.3) is 0 Å². The minimum atomic E-state index is -4.69. The van der Waals surface area contributed by atoms with E-state index >= 15 is 0 Å². The maximum absolute atomic E-state index is 13.3. The summed E-state index contributed by atoms with van der Waals surface area (Å²) in [5, 5.41) is 14.7. The number of rotatable bonds is 5. The first kappa shape index (κ1) is 17.1. The van der Waals surface area contributed by atoms with Crippen LogP contribution in [0.2, 0.25) is 0 Å². The summed E-state index contributed by atoms with van der Waals surface area (Å²) in [6.07, 6.45) is -3.51. The lowest BCUT2D eigenvalue weighted by Gasteiger charge is -2.28. The van der Waals surface area contributed by atoms with Crippen LogP contribution in [0, 0.1) is 0 Å². The van der Waals surface area contributed by atoms with Gasteiger partial charge in [0, 0.05) is 38.1 Å². The molecular weight excluding hydrogens is 287 g/mol. The van der Waals surface area contributed by atoms with Gasteiger partial charge >= 0.3 is 6.18 Å². The number of aryl methyl sites for hydroxylation is 1. The second-order valence-corrected chi connectivity index (χ2v) is 4.66. The first-order valence-electron chi connectivity index (χ1n) is 6.17. The number of alkyl halides is 3. The van der Waals surface area contributed by atoms with E-state index in [1.54, 1.807) is 7.05 Å². The predicted octanol–water partition coefficient (Wildman–Crippen LogP) is 1.41. The Morgan fingerprint density at radius 1 is 1.48 bits per heavy atom. The summed E-state index contributed by atoms with van der Waals surface area (Å²) >= 11 is 0. The van der Waals surface area contributed by atoms with Crippen molar-refractivity contribution in [3.05, 3.63) is 40.5 Å².